The molecule has 0 spiro atoms. The summed E-state index contributed by atoms with van der Waals surface area (Å²) in [5.41, 5.74) is 2.13. The molecule has 35 heavy (non-hydrogen) atoms. The van der Waals surface area contributed by atoms with Crippen molar-refractivity contribution in [3.05, 3.63) is 94.0 Å². The van der Waals surface area contributed by atoms with Crippen molar-refractivity contribution in [3.63, 3.8) is 0 Å². The number of benzene rings is 3. The molecule has 1 aromatic heterocycles. The number of rotatable bonds is 8. The molecule has 0 fully saturated rings. The standard InChI is InChI=1S/C25H23N5O5/c1-28(2)16-29-22-6-4-3-5-21(22)23(25(29)32)26-27-24(31)18-9-13-20(14-10-18)35-15-17-7-11-19(12-8-17)30(33)34/h3-14,32H,15-16H2,1-2H3. The molecule has 10 heteroatoms. The van der Waals surface area contributed by atoms with Crippen molar-refractivity contribution in [2.75, 3.05) is 14.1 Å². The van der Waals surface area contributed by atoms with Crippen LogP contribution < -0.4 is 4.74 Å². The second-order valence-electron chi connectivity index (χ2n) is 8.08. The first-order valence-corrected chi connectivity index (χ1v) is 10.7. The normalized spacial score (nSPS) is 11.4. The number of para-hydroxylation sites is 1. The molecule has 0 radical (unpaired) electrons. The number of aromatic nitrogens is 1. The Morgan fingerprint density at radius 2 is 1.74 bits per heavy atom. The number of fused-ring (bicyclic) bond motifs is 1. The van der Waals surface area contributed by atoms with E-state index < -0.39 is 10.8 Å². The van der Waals surface area contributed by atoms with Crippen LogP contribution in [0.25, 0.3) is 10.9 Å². The molecule has 0 aliphatic carbocycles. The third kappa shape index (κ3) is 5.33. The Hall–Kier alpha value is -4.57. The lowest BCUT2D eigenvalue weighted by Crippen LogP contribution is -2.16. The van der Waals surface area contributed by atoms with Gasteiger partial charge in [-0.2, -0.15) is 0 Å². The second kappa shape index (κ2) is 10.1. The first kappa shape index (κ1) is 23.6. The van der Waals surface area contributed by atoms with Crippen LogP contribution in [0.1, 0.15) is 15.9 Å². The molecule has 0 aliphatic heterocycles. The zero-order valence-corrected chi connectivity index (χ0v) is 19.2. The predicted octanol–water partition coefficient (Wildman–Crippen LogP) is 5.28. The van der Waals surface area contributed by atoms with E-state index in [1.54, 1.807) is 41.0 Å². The van der Waals surface area contributed by atoms with Crippen molar-refractivity contribution in [1.82, 2.24) is 9.47 Å². The highest BCUT2D eigenvalue weighted by molar-refractivity contribution is 5.97. The van der Waals surface area contributed by atoms with Crippen LogP contribution in [-0.2, 0) is 13.3 Å². The van der Waals surface area contributed by atoms with Crippen LogP contribution in [0, 0.1) is 10.1 Å². The van der Waals surface area contributed by atoms with Gasteiger partial charge in [0.2, 0.25) is 5.88 Å². The molecule has 0 saturated heterocycles. The largest absolute Gasteiger partial charge is 0.493 e. The average molecular weight is 473 g/mol. The maximum Gasteiger partial charge on any atom is 0.295 e. The first-order valence-electron chi connectivity index (χ1n) is 10.7. The van der Waals surface area contributed by atoms with E-state index in [1.807, 2.05) is 43.3 Å². The van der Waals surface area contributed by atoms with E-state index in [0.717, 1.165) is 11.1 Å². The van der Waals surface area contributed by atoms with Gasteiger partial charge in [0.1, 0.15) is 12.4 Å². The number of nitrogens with zero attached hydrogens (tertiary/aromatic N) is 5. The number of ether oxygens (including phenoxy) is 1. The molecule has 178 valence electrons. The lowest BCUT2D eigenvalue weighted by Gasteiger charge is -2.12. The van der Waals surface area contributed by atoms with E-state index >= 15 is 0 Å². The van der Waals surface area contributed by atoms with Gasteiger partial charge in [-0.3, -0.25) is 24.4 Å². The van der Waals surface area contributed by atoms with Gasteiger partial charge in [0.15, 0.2) is 5.69 Å². The van der Waals surface area contributed by atoms with Crippen LogP contribution in [-0.4, -0.2) is 39.5 Å². The van der Waals surface area contributed by atoms with Crippen LogP contribution >= 0.6 is 0 Å². The van der Waals surface area contributed by atoms with E-state index in [9.17, 15) is 20.0 Å². The number of hydrogen-bond donors (Lipinski definition) is 1. The highest BCUT2D eigenvalue weighted by atomic mass is 16.6. The molecular formula is C25H23N5O5. The Morgan fingerprint density at radius 3 is 2.40 bits per heavy atom. The lowest BCUT2D eigenvalue weighted by molar-refractivity contribution is -0.384. The number of nitro benzene ring substituents is 1. The zero-order chi connectivity index (χ0) is 24.9. The lowest BCUT2D eigenvalue weighted by atomic mass is 10.2. The highest BCUT2D eigenvalue weighted by Gasteiger charge is 2.17. The van der Waals surface area contributed by atoms with Gasteiger partial charge >= 0.3 is 0 Å². The molecule has 0 unspecified atom stereocenters. The summed E-state index contributed by atoms with van der Waals surface area (Å²) in [5, 5.41) is 30.0. The van der Waals surface area contributed by atoms with E-state index in [0.29, 0.717) is 23.4 Å². The fourth-order valence-electron chi connectivity index (χ4n) is 3.52. The van der Waals surface area contributed by atoms with Gasteiger partial charge in [-0.15, -0.1) is 10.2 Å². The maximum atomic E-state index is 12.6. The van der Waals surface area contributed by atoms with E-state index in [-0.39, 0.29) is 23.9 Å². The van der Waals surface area contributed by atoms with Crippen LogP contribution in [0.3, 0.4) is 0 Å². The predicted molar refractivity (Wildman–Crippen MR) is 130 cm³/mol. The summed E-state index contributed by atoms with van der Waals surface area (Å²) in [6.07, 6.45) is 0. The van der Waals surface area contributed by atoms with Crippen molar-refractivity contribution in [3.8, 4) is 11.6 Å². The number of aromatic hydroxyl groups is 1. The van der Waals surface area contributed by atoms with Crippen LogP contribution in [0.2, 0.25) is 0 Å². The molecule has 1 amide bonds. The zero-order valence-electron chi connectivity index (χ0n) is 19.2. The minimum absolute atomic E-state index is 0.0151. The molecule has 3 aromatic carbocycles. The fourth-order valence-corrected chi connectivity index (χ4v) is 3.52. The van der Waals surface area contributed by atoms with Crippen molar-refractivity contribution in [2.24, 2.45) is 10.2 Å². The van der Waals surface area contributed by atoms with Gasteiger partial charge in [-0.05, 0) is 62.1 Å². The highest BCUT2D eigenvalue weighted by Crippen LogP contribution is 2.38. The van der Waals surface area contributed by atoms with Crippen LogP contribution in [0.5, 0.6) is 11.6 Å². The first-order chi connectivity index (χ1) is 16.8. The Kier molecular flexibility index (Phi) is 6.83. The molecule has 0 atom stereocenters. The van der Waals surface area contributed by atoms with E-state index in [2.05, 4.69) is 10.2 Å². The average Bonchev–Trinajstić information content (AvgIpc) is 3.12. The Labute approximate surface area is 200 Å². The number of carbonyl (C=O) groups excluding carboxylic acids is 1. The summed E-state index contributed by atoms with van der Waals surface area (Å²) in [6.45, 7) is 0.665. The number of amides is 1. The molecular weight excluding hydrogens is 450 g/mol. The molecule has 10 nitrogen and oxygen atoms in total. The molecule has 0 bridgehead atoms. The van der Waals surface area contributed by atoms with Crippen molar-refractivity contribution in [1.29, 1.82) is 0 Å². The van der Waals surface area contributed by atoms with Gasteiger partial charge in [0.05, 0.1) is 17.1 Å². The quantitative estimate of drug-likeness (QED) is 0.211. The summed E-state index contributed by atoms with van der Waals surface area (Å²) >= 11 is 0. The number of non-ortho nitro benzene ring substituents is 1. The monoisotopic (exact) mass is 473 g/mol. The smallest absolute Gasteiger partial charge is 0.295 e. The third-order valence-corrected chi connectivity index (χ3v) is 5.24. The second-order valence-corrected chi connectivity index (χ2v) is 8.08. The van der Waals surface area contributed by atoms with Crippen molar-refractivity contribution < 1.29 is 19.6 Å². The molecule has 1 heterocycles. The van der Waals surface area contributed by atoms with Gasteiger partial charge in [0, 0.05) is 23.1 Å². The summed E-state index contributed by atoms with van der Waals surface area (Å²) in [7, 11) is 3.77. The van der Waals surface area contributed by atoms with Gasteiger partial charge < -0.3 is 9.84 Å². The van der Waals surface area contributed by atoms with Gasteiger partial charge in [-0.1, -0.05) is 18.2 Å². The summed E-state index contributed by atoms with van der Waals surface area (Å²) in [6, 6.07) is 19.9. The van der Waals surface area contributed by atoms with Crippen molar-refractivity contribution in [2.45, 2.75) is 13.3 Å². The van der Waals surface area contributed by atoms with Crippen molar-refractivity contribution >= 4 is 28.2 Å². The van der Waals surface area contributed by atoms with Crippen LogP contribution in [0.15, 0.2) is 83.0 Å². The van der Waals surface area contributed by atoms with Gasteiger partial charge in [-0.25, -0.2) is 0 Å². The fraction of sp³-hybridized carbons (Fsp3) is 0.160. The van der Waals surface area contributed by atoms with E-state index in [4.69, 9.17) is 4.74 Å². The molecule has 0 saturated carbocycles. The summed E-state index contributed by atoms with van der Waals surface area (Å²) < 4.78 is 7.38. The number of azo groups is 1. The number of nitro groups is 1. The summed E-state index contributed by atoms with van der Waals surface area (Å²) in [4.78, 5) is 24.8. The Bertz CT molecular complexity index is 1390. The Balaban J connectivity index is 1.45. The van der Waals surface area contributed by atoms with Gasteiger partial charge in [0.25, 0.3) is 11.6 Å². The number of carbonyl (C=O) groups is 1. The topological polar surface area (TPSA) is 123 Å². The molecule has 4 aromatic rings. The number of hydrogen-bond acceptors (Lipinski definition) is 7. The maximum absolute atomic E-state index is 12.6. The SMILES string of the molecule is CN(C)Cn1c(O)c(N=NC(=O)c2ccc(OCc3ccc([N+](=O)[O-])cc3)cc2)c2ccccc21. The third-order valence-electron chi connectivity index (χ3n) is 5.24. The molecule has 4 rings (SSSR count). The minimum Gasteiger partial charge on any atom is -0.493 e. The molecule has 1 N–H and O–H groups in total. The summed E-state index contributed by atoms with van der Waals surface area (Å²) in [5.74, 6) is -0.0940. The van der Waals surface area contributed by atoms with Crippen LogP contribution in [0.4, 0.5) is 11.4 Å². The van der Waals surface area contributed by atoms with E-state index in [1.165, 1.54) is 12.1 Å². The molecule has 0 aliphatic rings. The Morgan fingerprint density at radius 1 is 1.06 bits per heavy atom. The minimum atomic E-state index is -0.559.